The predicted molar refractivity (Wildman–Crippen MR) is 118 cm³/mol. The Labute approximate surface area is 175 Å². The van der Waals surface area contributed by atoms with Crippen molar-refractivity contribution in [1.29, 1.82) is 0 Å². The van der Waals surface area contributed by atoms with Gasteiger partial charge in [-0.1, -0.05) is 19.3 Å². The van der Waals surface area contributed by atoms with Gasteiger partial charge in [-0.2, -0.15) is 4.98 Å². The summed E-state index contributed by atoms with van der Waals surface area (Å²) in [5.74, 6) is 1.38. The van der Waals surface area contributed by atoms with E-state index in [0.717, 1.165) is 41.9 Å². The lowest BCUT2D eigenvalue weighted by Crippen LogP contribution is -2.23. The van der Waals surface area contributed by atoms with Gasteiger partial charge in [0.2, 0.25) is 5.95 Å². The summed E-state index contributed by atoms with van der Waals surface area (Å²) in [6.45, 7) is 1.90. The molecular formula is C23H25N7. The number of hydrogen-bond acceptors (Lipinski definition) is 6. The molecule has 6 rings (SSSR count). The largest absolute Gasteiger partial charge is 0.321 e. The van der Waals surface area contributed by atoms with Crippen molar-refractivity contribution in [3.8, 4) is 0 Å². The van der Waals surface area contributed by atoms with E-state index in [0.29, 0.717) is 12.0 Å². The maximum Gasteiger partial charge on any atom is 0.230 e. The Bertz CT molecular complexity index is 1220. The standard InChI is InChI=1S/C23H25N7/c1-2-4-17(5-3-1)30-20-14-25-9-7-18(20)19-13-27-23(29-22(19)30)28-21-10-16-11-24-8-6-15(16)12-26-21/h7,9-10,12-14,17,24H,1-6,8,11H2,(H,26,27,28,29). The highest BCUT2D eigenvalue weighted by atomic mass is 15.2. The van der Waals surface area contributed by atoms with Gasteiger partial charge in [0.25, 0.3) is 0 Å². The number of pyridine rings is 2. The van der Waals surface area contributed by atoms with Crippen LogP contribution in [0.15, 0.2) is 36.9 Å². The predicted octanol–water partition coefficient (Wildman–Crippen LogP) is 4.27. The zero-order valence-electron chi connectivity index (χ0n) is 16.9. The van der Waals surface area contributed by atoms with Crippen molar-refractivity contribution < 1.29 is 0 Å². The quantitative estimate of drug-likeness (QED) is 0.536. The van der Waals surface area contributed by atoms with Gasteiger partial charge in [0, 0.05) is 41.9 Å². The second-order valence-corrected chi connectivity index (χ2v) is 8.38. The molecule has 1 aliphatic carbocycles. The van der Waals surface area contributed by atoms with Crippen LogP contribution in [0.5, 0.6) is 0 Å². The zero-order valence-corrected chi connectivity index (χ0v) is 16.9. The SMILES string of the molecule is c1cc2c3cnc(Nc4cc5c(cn4)CCNC5)nc3n(C3CCCCC3)c2cn1. The van der Waals surface area contributed by atoms with Crippen molar-refractivity contribution in [2.24, 2.45) is 0 Å². The summed E-state index contributed by atoms with van der Waals surface area (Å²) in [5.41, 5.74) is 4.76. The normalized spacial score (nSPS) is 17.3. The molecular weight excluding hydrogens is 374 g/mol. The smallest absolute Gasteiger partial charge is 0.230 e. The molecule has 4 aromatic rings. The highest BCUT2D eigenvalue weighted by Crippen LogP contribution is 2.36. The van der Waals surface area contributed by atoms with Crippen LogP contribution in [0.3, 0.4) is 0 Å². The lowest BCUT2D eigenvalue weighted by molar-refractivity contribution is 0.366. The summed E-state index contributed by atoms with van der Waals surface area (Å²) in [6.07, 6.45) is 15.0. The molecule has 1 fully saturated rings. The first-order valence-corrected chi connectivity index (χ1v) is 10.9. The molecule has 0 unspecified atom stereocenters. The van der Waals surface area contributed by atoms with Crippen LogP contribution < -0.4 is 10.6 Å². The molecule has 152 valence electrons. The highest BCUT2D eigenvalue weighted by molar-refractivity contribution is 6.06. The Kier molecular flexibility index (Phi) is 4.34. The number of aromatic nitrogens is 5. The molecule has 30 heavy (non-hydrogen) atoms. The van der Waals surface area contributed by atoms with Gasteiger partial charge in [0.1, 0.15) is 11.5 Å². The third-order valence-electron chi connectivity index (χ3n) is 6.50. The summed E-state index contributed by atoms with van der Waals surface area (Å²) < 4.78 is 2.40. The van der Waals surface area contributed by atoms with Crippen LogP contribution in [0.25, 0.3) is 21.9 Å². The number of anilines is 2. The maximum absolute atomic E-state index is 4.95. The van der Waals surface area contributed by atoms with Gasteiger partial charge >= 0.3 is 0 Å². The second-order valence-electron chi connectivity index (χ2n) is 8.38. The third kappa shape index (κ3) is 3.01. The minimum absolute atomic E-state index is 0.471. The molecule has 5 heterocycles. The van der Waals surface area contributed by atoms with E-state index in [1.165, 1.54) is 48.6 Å². The van der Waals surface area contributed by atoms with E-state index in [2.05, 4.69) is 42.3 Å². The minimum atomic E-state index is 0.471. The summed E-state index contributed by atoms with van der Waals surface area (Å²) in [7, 11) is 0. The number of hydrogen-bond donors (Lipinski definition) is 2. The van der Waals surface area contributed by atoms with E-state index in [4.69, 9.17) is 4.98 Å². The van der Waals surface area contributed by atoms with Crippen molar-refractivity contribution in [3.63, 3.8) is 0 Å². The molecule has 0 atom stereocenters. The summed E-state index contributed by atoms with van der Waals surface area (Å²) in [4.78, 5) is 18.5. The van der Waals surface area contributed by atoms with Crippen molar-refractivity contribution in [2.75, 3.05) is 11.9 Å². The van der Waals surface area contributed by atoms with Gasteiger partial charge < -0.3 is 15.2 Å². The summed E-state index contributed by atoms with van der Waals surface area (Å²) >= 11 is 0. The molecule has 2 N–H and O–H groups in total. The molecule has 0 spiro atoms. The molecule has 7 nitrogen and oxygen atoms in total. The first-order chi connectivity index (χ1) is 14.9. The van der Waals surface area contributed by atoms with Gasteiger partial charge in [-0.15, -0.1) is 0 Å². The lowest BCUT2D eigenvalue weighted by atomic mass is 9.95. The van der Waals surface area contributed by atoms with E-state index >= 15 is 0 Å². The summed E-state index contributed by atoms with van der Waals surface area (Å²) in [5, 5.41) is 9.01. The fourth-order valence-corrected chi connectivity index (χ4v) is 4.98. The Hall–Kier alpha value is -3.06. The van der Waals surface area contributed by atoms with E-state index < -0.39 is 0 Å². The van der Waals surface area contributed by atoms with Gasteiger partial charge in [-0.05, 0) is 49.1 Å². The fourth-order valence-electron chi connectivity index (χ4n) is 4.98. The molecule has 0 amide bonds. The van der Waals surface area contributed by atoms with Crippen molar-refractivity contribution in [3.05, 3.63) is 48.0 Å². The zero-order chi connectivity index (χ0) is 19.9. The van der Waals surface area contributed by atoms with Crippen LogP contribution in [0.1, 0.15) is 49.3 Å². The highest BCUT2D eigenvalue weighted by Gasteiger charge is 2.22. The van der Waals surface area contributed by atoms with Crippen molar-refractivity contribution in [2.45, 2.75) is 51.1 Å². The first-order valence-electron chi connectivity index (χ1n) is 10.9. The van der Waals surface area contributed by atoms with Crippen LogP contribution in [0.4, 0.5) is 11.8 Å². The third-order valence-corrected chi connectivity index (χ3v) is 6.50. The molecule has 0 bridgehead atoms. The number of nitrogens with one attached hydrogen (secondary N) is 2. The Balaban J connectivity index is 1.43. The molecule has 0 radical (unpaired) electrons. The number of fused-ring (bicyclic) bond motifs is 4. The summed E-state index contributed by atoms with van der Waals surface area (Å²) in [6, 6.07) is 4.65. The van der Waals surface area contributed by atoms with Crippen molar-refractivity contribution >= 4 is 33.7 Å². The van der Waals surface area contributed by atoms with E-state index in [1.807, 2.05) is 24.8 Å². The lowest BCUT2D eigenvalue weighted by Gasteiger charge is -2.24. The monoisotopic (exact) mass is 399 g/mol. The molecule has 7 heteroatoms. The van der Waals surface area contributed by atoms with Crippen LogP contribution >= 0.6 is 0 Å². The van der Waals surface area contributed by atoms with Crippen molar-refractivity contribution in [1.82, 2.24) is 29.8 Å². The van der Waals surface area contributed by atoms with Gasteiger partial charge in [-0.25, -0.2) is 9.97 Å². The maximum atomic E-state index is 4.95. The van der Waals surface area contributed by atoms with Crippen LogP contribution in [-0.4, -0.2) is 31.0 Å². The molecule has 4 aromatic heterocycles. The number of nitrogens with zero attached hydrogens (tertiary/aromatic N) is 5. The van der Waals surface area contributed by atoms with Crippen LogP contribution in [0, 0.1) is 0 Å². The molecule has 0 saturated heterocycles. The number of rotatable bonds is 3. The Morgan fingerprint density at radius 1 is 1.00 bits per heavy atom. The second kappa shape index (κ2) is 7.32. The minimum Gasteiger partial charge on any atom is -0.321 e. The van der Waals surface area contributed by atoms with E-state index in [1.54, 1.807) is 0 Å². The van der Waals surface area contributed by atoms with Crippen LogP contribution in [-0.2, 0) is 13.0 Å². The Morgan fingerprint density at radius 3 is 2.87 bits per heavy atom. The average Bonchev–Trinajstić information content (AvgIpc) is 3.13. The Morgan fingerprint density at radius 2 is 1.93 bits per heavy atom. The molecule has 2 aliphatic rings. The first kappa shape index (κ1) is 17.8. The molecule has 1 aliphatic heterocycles. The van der Waals surface area contributed by atoms with E-state index in [-0.39, 0.29) is 0 Å². The topological polar surface area (TPSA) is 80.5 Å². The molecule has 0 aromatic carbocycles. The molecule has 1 saturated carbocycles. The average molecular weight is 400 g/mol. The fraction of sp³-hybridized carbons (Fsp3) is 0.391. The van der Waals surface area contributed by atoms with Crippen LogP contribution in [0.2, 0.25) is 0 Å². The van der Waals surface area contributed by atoms with Gasteiger partial charge in [0.15, 0.2) is 0 Å². The van der Waals surface area contributed by atoms with E-state index in [9.17, 15) is 0 Å². The van der Waals surface area contributed by atoms with Gasteiger partial charge in [0.05, 0.1) is 11.7 Å². The van der Waals surface area contributed by atoms with Gasteiger partial charge in [-0.3, -0.25) is 4.98 Å².